The molecule has 0 aromatic rings. The van der Waals surface area contributed by atoms with Crippen LogP contribution in [0.1, 0.15) is 116 Å². The van der Waals surface area contributed by atoms with Crippen molar-refractivity contribution in [2.75, 3.05) is 0 Å². The fourth-order valence-corrected chi connectivity index (χ4v) is 4.96. The standard InChI is InChI=1S/C21H40/c1-2-10-19-11-5-3-8-14-21(18-17-19)16-9-15-20-12-6-4-7-13-20/h19-21H,2-18H2,1H3. The molecule has 2 unspecified atom stereocenters. The summed E-state index contributed by atoms with van der Waals surface area (Å²) in [5.74, 6) is 3.24. The molecule has 0 aromatic carbocycles. The third kappa shape index (κ3) is 7.20. The Labute approximate surface area is 134 Å². The van der Waals surface area contributed by atoms with E-state index in [2.05, 4.69) is 6.92 Å². The Kier molecular flexibility index (Phi) is 8.83. The van der Waals surface area contributed by atoms with Gasteiger partial charge in [-0.2, -0.15) is 0 Å². The average Bonchev–Trinajstić information content (AvgIpc) is 2.62. The summed E-state index contributed by atoms with van der Waals surface area (Å²) in [4.78, 5) is 0. The highest BCUT2D eigenvalue weighted by Gasteiger charge is 2.17. The summed E-state index contributed by atoms with van der Waals surface area (Å²) < 4.78 is 0. The lowest BCUT2D eigenvalue weighted by Crippen LogP contribution is -2.08. The Balaban J connectivity index is 1.65. The molecular weight excluding hydrogens is 252 g/mol. The molecule has 0 nitrogen and oxygen atoms in total. The van der Waals surface area contributed by atoms with E-state index in [9.17, 15) is 0 Å². The van der Waals surface area contributed by atoms with Gasteiger partial charge in [0.25, 0.3) is 0 Å². The lowest BCUT2D eigenvalue weighted by Gasteiger charge is -2.23. The van der Waals surface area contributed by atoms with Crippen molar-refractivity contribution in [2.45, 2.75) is 116 Å². The molecular formula is C21H40. The van der Waals surface area contributed by atoms with Crippen LogP contribution in [0.5, 0.6) is 0 Å². The zero-order chi connectivity index (χ0) is 14.8. The van der Waals surface area contributed by atoms with Crippen LogP contribution in [0.4, 0.5) is 0 Å². The first-order valence-electron chi connectivity index (χ1n) is 10.4. The largest absolute Gasteiger partial charge is 0.0654 e. The van der Waals surface area contributed by atoms with E-state index in [1.54, 1.807) is 44.9 Å². The number of rotatable bonds is 6. The quantitative estimate of drug-likeness (QED) is 0.475. The molecule has 0 bridgehead atoms. The number of hydrogen-bond acceptors (Lipinski definition) is 0. The maximum Gasteiger partial charge on any atom is -0.0414 e. The van der Waals surface area contributed by atoms with Crippen LogP contribution in [0, 0.1) is 17.8 Å². The van der Waals surface area contributed by atoms with Crippen molar-refractivity contribution in [3.05, 3.63) is 0 Å². The van der Waals surface area contributed by atoms with Crippen LogP contribution in [0.25, 0.3) is 0 Å². The molecule has 2 saturated carbocycles. The Morgan fingerprint density at radius 2 is 0.952 bits per heavy atom. The van der Waals surface area contributed by atoms with E-state index in [0.717, 1.165) is 17.8 Å². The van der Waals surface area contributed by atoms with E-state index < -0.39 is 0 Å². The second-order valence-corrected chi connectivity index (χ2v) is 8.17. The van der Waals surface area contributed by atoms with Crippen molar-refractivity contribution in [1.29, 1.82) is 0 Å². The van der Waals surface area contributed by atoms with E-state index in [4.69, 9.17) is 0 Å². The molecule has 0 heterocycles. The Bertz CT molecular complexity index is 238. The van der Waals surface area contributed by atoms with Gasteiger partial charge in [0.15, 0.2) is 0 Å². The Hall–Kier alpha value is 0. The van der Waals surface area contributed by atoms with Crippen molar-refractivity contribution >= 4 is 0 Å². The molecule has 0 spiro atoms. The fraction of sp³-hybridized carbons (Fsp3) is 1.00. The van der Waals surface area contributed by atoms with Crippen molar-refractivity contribution in [3.8, 4) is 0 Å². The molecule has 2 aliphatic carbocycles. The van der Waals surface area contributed by atoms with Gasteiger partial charge >= 0.3 is 0 Å². The molecule has 0 aromatic heterocycles. The molecule has 2 rings (SSSR count). The highest BCUT2D eigenvalue weighted by atomic mass is 14.2. The van der Waals surface area contributed by atoms with Gasteiger partial charge in [0, 0.05) is 0 Å². The highest BCUT2D eigenvalue weighted by Crippen LogP contribution is 2.32. The second-order valence-electron chi connectivity index (χ2n) is 8.17. The van der Waals surface area contributed by atoms with Crippen LogP contribution < -0.4 is 0 Å². The molecule has 0 aliphatic heterocycles. The predicted octanol–water partition coefficient (Wildman–Crippen LogP) is 7.51. The third-order valence-corrected chi connectivity index (χ3v) is 6.35. The minimum Gasteiger partial charge on any atom is -0.0654 e. The van der Waals surface area contributed by atoms with Crippen LogP contribution in [0.3, 0.4) is 0 Å². The van der Waals surface area contributed by atoms with Gasteiger partial charge < -0.3 is 0 Å². The van der Waals surface area contributed by atoms with E-state index >= 15 is 0 Å². The first-order chi connectivity index (χ1) is 10.4. The van der Waals surface area contributed by atoms with Gasteiger partial charge in [-0.1, -0.05) is 116 Å². The second kappa shape index (κ2) is 10.7. The van der Waals surface area contributed by atoms with Crippen molar-refractivity contribution in [1.82, 2.24) is 0 Å². The smallest absolute Gasteiger partial charge is 0.0414 e. The van der Waals surface area contributed by atoms with E-state index in [0.29, 0.717) is 0 Å². The fourth-order valence-electron chi connectivity index (χ4n) is 4.96. The monoisotopic (exact) mass is 292 g/mol. The highest BCUT2D eigenvalue weighted by molar-refractivity contribution is 4.70. The molecule has 0 heteroatoms. The summed E-state index contributed by atoms with van der Waals surface area (Å²) in [6.07, 6.45) is 25.9. The summed E-state index contributed by atoms with van der Waals surface area (Å²) in [6, 6.07) is 0. The topological polar surface area (TPSA) is 0 Å². The normalized spacial score (nSPS) is 29.6. The van der Waals surface area contributed by atoms with Crippen LogP contribution >= 0.6 is 0 Å². The van der Waals surface area contributed by atoms with Crippen molar-refractivity contribution in [2.24, 2.45) is 17.8 Å². The third-order valence-electron chi connectivity index (χ3n) is 6.35. The minimum absolute atomic E-state index is 1.06. The molecule has 21 heavy (non-hydrogen) atoms. The summed E-state index contributed by atoms with van der Waals surface area (Å²) >= 11 is 0. The molecule has 2 atom stereocenters. The lowest BCUT2D eigenvalue weighted by molar-refractivity contribution is 0.299. The zero-order valence-corrected chi connectivity index (χ0v) is 14.8. The molecule has 2 fully saturated rings. The predicted molar refractivity (Wildman–Crippen MR) is 94.6 cm³/mol. The molecule has 0 saturated heterocycles. The minimum atomic E-state index is 1.06. The van der Waals surface area contributed by atoms with Crippen LogP contribution in [0.2, 0.25) is 0 Å². The molecule has 0 amide bonds. The van der Waals surface area contributed by atoms with Crippen LogP contribution in [-0.2, 0) is 0 Å². The first-order valence-corrected chi connectivity index (χ1v) is 10.4. The summed E-state index contributed by atoms with van der Waals surface area (Å²) in [6.45, 7) is 2.37. The van der Waals surface area contributed by atoms with E-state index in [-0.39, 0.29) is 0 Å². The van der Waals surface area contributed by atoms with Gasteiger partial charge in [0.1, 0.15) is 0 Å². The Morgan fingerprint density at radius 1 is 0.524 bits per heavy atom. The molecule has 124 valence electrons. The number of hydrogen-bond donors (Lipinski definition) is 0. The zero-order valence-electron chi connectivity index (χ0n) is 14.8. The van der Waals surface area contributed by atoms with E-state index in [1.807, 2.05) is 0 Å². The summed E-state index contributed by atoms with van der Waals surface area (Å²) in [5, 5.41) is 0. The summed E-state index contributed by atoms with van der Waals surface area (Å²) in [7, 11) is 0. The Morgan fingerprint density at radius 3 is 1.43 bits per heavy atom. The van der Waals surface area contributed by atoms with E-state index in [1.165, 1.54) is 64.2 Å². The maximum atomic E-state index is 2.37. The molecule has 0 radical (unpaired) electrons. The molecule has 0 N–H and O–H groups in total. The van der Waals surface area contributed by atoms with Gasteiger partial charge in [-0.3, -0.25) is 0 Å². The molecule has 2 aliphatic rings. The van der Waals surface area contributed by atoms with Gasteiger partial charge in [-0.05, 0) is 17.8 Å². The van der Waals surface area contributed by atoms with Crippen LogP contribution in [0.15, 0.2) is 0 Å². The van der Waals surface area contributed by atoms with Gasteiger partial charge in [-0.25, -0.2) is 0 Å². The van der Waals surface area contributed by atoms with Gasteiger partial charge in [-0.15, -0.1) is 0 Å². The summed E-state index contributed by atoms with van der Waals surface area (Å²) in [5.41, 5.74) is 0. The van der Waals surface area contributed by atoms with Gasteiger partial charge in [0.2, 0.25) is 0 Å². The van der Waals surface area contributed by atoms with Crippen molar-refractivity contribution < 1.29 is 0 Å². The SMILES string of the molecule is CCCC1CCCCCC(CCCC2CCCCC2)CC1. The van der Waals surface area contributed by atoms with Crippen molar-refractivity contribution in [3.63, 3.8) is 0 Å². The van der Waals surface area contributed by atoms with Gasteiger partial charge in [0.05, 0.1) is 0 Å². The maximum absolute atomic E-state index is 2.37. The lowest BCUT2D eigenvalue weighted by atomic mass is 9.83. The first kappa shape index (κ1) is 17.4. The average molecular weight is 293 g/mol. The van der Waals surface area contributed by atoms with Crippen LogP contribution in [-0.4, -0.2) is 0 Å².